The largest absolute Gasteiger partial charge is 0.496 e. The molecule has 2 rings (SSSR count). The number of rotatable bonds is 6. The molecule has 1 atom stereocenters. The van der Waals surface area contributed by atoms with Gasteiger partial charge in [-0.1, -0.05) is 18.2 Å². The Bertz CT molecular complexity index is 425. The van der Waals surface area contributed by atoms with Crippen LogP contribution in [0.2, 0.25) is 0 Å². The molecule has 1 heterocycles. The molecule has 1 aromatic rings. The van der Waals surface area contributed by atoms with Crippen LogP contribution in [0.1, 0.15) is 39.2 Å². The Labute approximate surface area is 129 Å². The summed E-state index contributed by atoms with van der Waals surface area (Å²) in [7, 11) is 1.75. The molecule has 3 heteroatoms. The highest BCUT2D eigenvalue weighted by atomic mass is 16.5. The number of ether oxygens (including phenoxy) is 1. The highest BCUT2D eigenvalue weighted by Crippen LogP contribution is 2.20. The van der Waals surface area contributed by atoms with Gasteiger partial charge in [0.1, 0.15) is 5.75 Å². The lowest BCUT2D eigenvalue weighted by atomic mass is 10.0. The van der Waals surface area contributed by atoms with Crippen LogP contribution in [0.5, 0.6) is 5.75 Å². The molecule has 1 aromatic carbocycles. The van der Waals surface area contributed by atoms with E-state index in [4.69, 9.17) is 4.74 Å². The van der Waals surface area contributed by atoms with Gasteiger partial charge in [-0.3, -0.25) is 0 Å². The molecule has 1 saturated heterocycles. The van der Waals surface area contributed by atoms with Crippen molar-refractivity contribution in [3.63, 3.8) is 0 Å². The van der Waals surface area contributed by atoms with E-state index in [1.54, 1.807) is 7.11 Å². The van der Waals surface area contributed by atoms with Crippen LogP contribution < -0.4 is 10.1 Å². The minimum absolute atomic E-state index is 0.483. The van der Waals surface area contributed by atoms with Crippen molar-refractivity contribution in [2.24, 2.45) is 0 Å². The number of likely N-dealkylation sites (tertiary alicyclic amines) is 1. The highest BCUT2D eigenvalue weighted by Gasteiger charge is 2.22. The van der Waals surface area contributed by atoms with Gasteiger partial charge in [-0.25, -0.2) is 0 Å². The summed E-state index contributed by atoms with van der Waals surface area (Å²) in [5, 5.41) is 3.80. The number of nitrogens with one attached hydrogen (secondary N) is 1. The van der Waals surface area contributed by atoms with E-state index in [9.17, 15) is 0 Å². The van der Waals surface area contributed by atoms with Crippen molar-refractivity contribution < 1.29 is 4.74 Å². The molecular weight excluding hydrogens is 260 g/mol. The van der Waals surface area contributed by atoms with E-state index in [0.717, 1.165) is 12.2 Å². The van der Waals surface area contributed by atoms with Gasteiger partial charge in [-0.2, -0.15) is 0 Å². The average molecular weight is 290 g/mol. The molecule has 1 aliphatic rings. The van der Waals surface area contributed by atoms with Crippen molar-refractivity contribution in [3.05, 3.63) is 29.8 Å². The predicted molar refractivity (Wildman–Crippen MR) is 89.0 cm³/mol. The third kappa shape index (κ3) is 4.72. The normalized spacial score (nSPS) is 18.9. The van der Waals surface area contributed by atoms with Crippen LogP contribution in [0.15, 0.2) is 24.3 Å². The maximum atomic E-state index is 5.44. The average Bonchev–Trinajstić information content (AvgIpc) is 2.48. The summed E-state index contributed by atoms with van der Waals surface area (Å²) >= 11 is 0. The molecule has 118 valence electrons. The van der Waals surface area contributed by atoms with Crippen LogP contribution >= 0.6 is 0 Å². The van der Waals surface area contributed by atoms with Crippen LogP contribution in [-0.4, -0.2) is 43.2 Å². The van der Waals surface area contributed by atoms with E-state index in [2.05, 4.69) is 43.1 Å². The molecule has 0 saturated carbocycles. The first-order valence-electron chi connectivity index (χ1n) is 8.22. The fourth-order valence-corrected chi connectivity index (χ4v) is 3.25. The molecule has 1 aliphatic heterocycles. The first-order valence-corrected chi connectivity index (χ1v) is 8.22. The molecule has 21 heavy (non-hydrogen) atoms. The van der Waals surface area contributed by atoms with Gasteiger partial charge in [0, 0.05) is 18.1 Å². The molecule has 1 N–H and O–H groups in total. The second kappa shape index (κ2) is 7.81. The summed E-state index contributed by atoms with van der Waals surface area (Å²) in [4.78, 5) is 2.57. The van der Waals surface area contributed by atoms with Crippen LogP contribution in [-0.2, 0) is 6.42 Å². The number of piperidine rings is 1. The maximum absolute atomic E-state index is 5.44. The van der Waals surface area contributed by atoms with Gasteiger partial charge in [-0.15, -0.1) is 0 Å². The van der Waals surface area contributed by atoms with Gasteiger partial charge in [0.05, 0.1) is 7.11 Å². The molecule has 0 spiro atoms. The smallest absolute Gasteiger partial charge is 0.122 e. The van der Waals surface area contributed by atoms with Crippen molar-refractivity contribution in [3.8, 4) is 5.75 Å². The third-order valence-electron chi connectivity index (χ3n) is 4.50. The maximum Gasteiger partial charge on any atom is 0.122 e. The van der Waals surface area contributed by atoms with Crippen LogP contribution in [0.25, 0.3) is 0 Å². The number of para-hydroxylation sites is 1. The summed E-state index contributed by atoms with van der Waals surface area (Å²) in [6.45, 7) is 9.30. The van der Waals surface area contributed by atoms with E-state index in [1.165, 1.54) is 31.5 Å². The summed E-state index contributed by atoms with van der Waals surface area (Å²) in [5.41, 5.74) is 1.29. The molecule has 0 bridgehead atoms. The molecular formula is C18H30N2O. The molecule has 0 radical (unpaired) electrons. The van der Waals surface area contributed by atoms with Crippen molar-refractivity contribution in [2.45, 2.75) is 58.2 Å². The lowest BCUT2D eigenvalue weighted by molar-refractivity contribution is 0.157. The fourth-order valence-electron chi connectivity index (χ4n) is 3.25. The lowest BCUT2D eigenvalue weighted by Gasteiger charge is -2.36. The molecule has 1 fully saturated rings. The summed E-state index contributed by atoms with van der Waals surface area (Å²) in [5.74, 6) is 1.00. The number of hydrogen-bond acceptors (Lipinski definition) is 3. The molecule has 0 amide bonds. The second-order valence-corrected chi connectivity index (χ2v) is 6.49. The summed E-state index contributed by atoms with van der Waals surface area (Å²) in [6, 6.07) is 10.1. The highest BCUT2D eigenvalue weighted by molar-refractivity contribution is 5.33. The first kappa shape index (κ1) is 16.3. The molecule has 0 aliphatic carbocycles. The number of nitrogens with zero attached hydrogens (tertiary/aromatic N) is 1. The van der Waals surface area contributed by atoms with Gasteiger partial charge in [0.2, 0.25) is 0 Å². The lowest BCUT2D eigenvalue weighted by Crippen LogP contribution is -2.47. The zero-order chi connectivity index (χ0) is 15.2. The van der Waals surface area contributed by atoms with Gasteiger partial charge in [-0.05, 0) is 64.8 Å². The van der Waals surface area contributed by atoms with Gasteiger partial charge >= 0.3 is 0 Å². The standard InChI is InChI=1S/C18H30N2O/c1-14(2)20-11-9-17(10-12-20)19-15(3)13-16-7-5-6-8-18(16)21-4/h5-8,14-15,17,19H,9-13H2,1-4H3. The topological polar surface area (TPSA) is 24.5 Å². The Kier molecular flexibility index (Phi) is 6.07. The van der Waals surface area contributed by atoms with Crippen LogP contribution in [0.4, 0.5) is 0 Å². The van der Waals surface area contributed by atoms with E-state index < -0.39 is 0 Å². The van der Waals surface area contributed by atoms with Crippen molar-refractivity contribution >= 4 is 0 Å². The summed E-state index contributed by atoms with van der Waals surface area (Å²) in [6.07, 6.45) is 3.54. The Morgan fingerprint density at radius 1 is 1.19 bits per heavy atom. The van der Waals surface area contributed by atoms with Gasteiger partial charge in [0.25, 0.3) is 0 Å². The summed E-state index contributed by atoms with van der Waals surface area (Å²) < 4.78 is 5.44. The van der Waals surface area contributed by atoms with Crippen molar-refractivity contribution in [2.75, 3.05) is 20.2 Å². The van der Waals surface area contributed by atoms with E-state index in [1.807, 2.05) is 12.1 Å². The molecule has 1 unspecified atom stereocenters. The van der Waals surface area contributed by atoms with Crippen molar-refractivity contribution in [1.82, 2.24) is 10.2 Å². The quantitative estimate of drug-likeness (QED) is 0.871. The SMILES string of the molecule is COc1ccccc1CC(C)NC1CCN(C(C)C)CC1. The zero-order valence-corrected chi connectivity index (χ0v) is 13.9. The minimum atomic E-state index is 0.483. The van der Waals surface area contributed by atoms with Crippen molar-refractivity contribution in [1.29, 1.82) is 0 Å². The Hall–Kier alpha value is -1.06. The van der Waals surface area contributed by atoms with Crippen LogP contribution in [0.3, 0.4) is 0 Å². The zero-order valence-electron chi connectivity index (χ0n) is 13.9. The van der Waals surface area contributed by atoms with E-state index >= 15 is 0 Å². The Morgan fingerprint density at radius 2 is 1.86 bits per heavy atom. The number of benzene rings is 1. The fraction of sp³-hybridized carbons (Fsp3) is 0.667. The van der Waals surface area contributed by atoms with E-state index in [-0.39, 0.29) is 0 Å². The van der Waals surface area contributed by atoms with Gasteiger partial charge < -0.3 is 15.0 Å². The number of methoxy groups -OCH3 is 1. The second-order valence-electron chi connectivity index (χ2n) is 6.49. The van der Waals surface area contributed by atoms with Gasteiger partial charge in [0.15, 0.2) is 0 Å². The van der Waals surface area contributed by atoms with E-state index in [0.29, 0.717) is 18.1 Å². The van der Waals surface area contributed by atoms with Crippen LogP contribution in [0, 0.1) is 0 Å². The first-order chi connectivity index (χ1) is 10.1. The molecule has 3 nitrogen and oxygen atoms in total. The third-order valence-corrected chi connectivity index (χ3v) is 4.50. The number of hydrogen-bond donors (Lipinski definition) is 1. The Morgan fingerprint density at radius 3 is 2.48 bits per heavy atom. The molecule has 0 aromatic heterocycles. The predicted octanol–water partition coefficient (Wildman–Crippen LogP) is 3.09. The minimum Gasteiger partial charge on any atom is -0.496 e. The Balaban J connectivity index is 1.81. The monoisotopic (exact) mass is 290 g/mol.